The number of hydrogen-bond donors (Lipinski definition) is 1. The number of carbonyl (C=O) groups excluding carboxylic acids is 1. The predicted octanol–water partition coefficient (Wildman–Crippen LogP) is 3.19. The molecule has 118 valence electrons. The molecule has 4 rings (SSSR count). The lowest BCUT2D eigenvalue weighted by Gasteiger charge is -2.34. The first kappa shape index (κ1) is 14.5. The van der Waals surface area contributed by atoms with Crippen LogP contribution in [0.5, 0.6) is 0 Å². The van der Waals surface area contributed by atoms with Crippen molar-refractivity contribution in [2.75, 3.05) is 26.2 Å². The highest BCUT2D eigenvalue weighted by atomic mass is 32.1. The molecule has 3 aromatic rings. The van der Waals surface area contributed by atoms with E-state index < -0.39 is 0 Å². The molecule has 4 nitrogen and oxygen atoms in total. The zero-order chi connectivity index (χ0) is 15.6. The summed E-state index contributed by atoms with van der Waals surface area (Å²) in [5.74, 6) is 0.108. The van der Waals surface area contributed by atoms with Crippen LogP contribution in [0.2, 0.25) is 0 Å². The average Bonchev–Trinajstić information content (AvgIpc) is 3.24. The zero-order valence-corrected chi connectivity index (χ0v) is 13.7. The van der Waals surface area contributed by atoms with E-state index in [2.05, 4.69) is 26.7 Å². The highest BCUT2D eigenvalue weighted by Gasteiger charge is 2.23. The molecule has 5 heteroatoms. The van der Waals surface area contributed by atoms with Gasteiger partial charge in [-0.1, -0.05) is 18.2 Å². The van der Waals surface area contributed by atoms with Gasteiger partial charge >= 0.3 is 0 Å². The Labute approximate surface area is 139 Å². The van der Waals surface area contributed by atoms with Crippen molar-refractivity contribution in [2.24, 2.45) is 0 Å². The van der Waals surface area contributed by atoms with E-state index in [4.69, 9.17) is 0 Å². The number of thiophene rings is 1. The minimum Gasteiger partial charge on any atom is -0.351 e. The fourth-order valence-electron chi connectivity index (χ4n) is 3.11. The standard InChI is InChI=1S/C18H19N3OS/c22-18(17-11-15-3-1-2-4-16(15)19-17)21-8-6-20(7-9-21)12-14-5-10-23-13-14/h1-5,10-11,13,19H,6-9,12H2. The Morgan fingerprint density at radius 1 is 1.13 bits per heavy atom. The van der Waals surface area contributed by atoms with Gasteiger partial charge in [0.25, 0.3) is 5.91 Å². The number of piperazine rings is 1. The van der Waals surface area contributed by atoms with Crippen molar-refractivity contribution in [3.8, 4) is 0 Å². The van der Waals surface area contributed by atoms with Crippen LogP contribution in [0, 0.1) is 0 Å². The van der Waals surface area contributed by atoms with Gasteiger partial charge in [-0.05, 0) is 34.5 Å². The highest BCUT2D eigenvalue weighted by molar-refractivity contribution is 7.07. The summed E-state index contributed by atoms with van der Waals surface area (Å²) < 4.78 is 0. The Kier molecular flexibility index (Phi) is 3.89. The molecule has 3 heterocycles. The second-order valence-electron chi connectivity index (χ2n) is 5.97. The number of nitrogens with zero attached hydrogens (tertiary/aromatic N) is 2. The molecule has 23 heavy (non-hydrogen) atoms. The minimum atomic E-state index is 0.108. The molecule has 0 spiro atoms. The zero-order valence-electron chi connectivity index (χ0n) is 12.9. The number of carbonyl (C=O) groups is 1. The molecule has 1 aliphatic heterocycles. The van der Waals surface area contributed by atoms with Crippen LogP contribution in [0.1, 0.15) is 16.1 Å². The topological polar surface area (TPSA) is 39.3 Å². The molecular weight excluding hydrogens is 306 g/mol. The van der Waals surface area contributed by atoms with Crippen molar-refractivity contribution in [2.45, 2.75) is 6.54 Å². The van der Waals surface area contributed by atoms with Gasteiger partial charge in [0.15, 0.2) is 0 Å². The normalized spacial score (nSPS) is 16.1. The minimum absolute atomic E-state index is 0.108. The summed E-state index contributed by atoms with van der Waals surface area (Å²) in [6.45, 7) is 4.43. The molecule has 0 unspecified atom stereocenters. The fourth-order valence-corrected chi connectivity index (χ4v) is 3.77. The third-order valence-corrected chi connectivity index (χ3v) is 5.14. The van der Waals surface area contributed by atoms with Gasteiger partial charge in [0.05, 0.1) is 0 Å². The Morgan fingerprint density at radius 3 is 2.70 bits per heavy atom. The number of fused-ring (bicyclic) bond motifs is 1. The van der Waals surface area contributed by atoms with Gasteiger partial charge in [0, 0.05) is 43.6 Å². The lowest BCUT2D eigenvalue weighted by atomic mass is 10.2. The molecule has 0 atom stereocenters. The van der Waals surface area contributed by atoms with Crippen LogP contribution in [-0.4, -0.2) is 46.9 Å². The van der Waals surface area contributed by atoms with Gasteiger partial charge in [0.2, 0.25) is 0 Å². The number of nitrogens with one attached hydrogen (secondary N) is 1. The van der Waals surface area contributed by atoms with Crippen molar-refractivity contribution < 1.29 is 4.79 Å². The van der Waals surface area contributed by atoms with Crippen LogP contribution in [0.3, 0.4) is 0 Å². The van der Waals surface area contributed by atoms with E-state index in [1.165, 1.54) is 5.56 Å². The lowest BCUT2D eigenvalue weighted by Crippen LogP contribution is -2.48. The Hall–Kier alpha value is -2.11. The molecule has 2 aromatic heterocycles. The number of para-hydroxylation sites is 1. The van der Waals surface area contributed by atoms with E-state index in [0.717, 1.165) is 43.6 Å². The first-order valence-electron chi connectivity index (χ1n) is 7.90. The van der Waals surface area contributed by atoms with Gasteiger partial charge in [-0.25, -0.2) is 0 Å². The van der Waals surface area contributed by atoms with Crippen LogP contribution in [0.25, 0.3) is 10.9 Å². The maximum Gasteiger partial charge on any atom is 0.270 e. The predicted molar refractivity (Wildman–Crippen MR) is 93.8 cm³/mol. The molecule has 1 N–H and O–H groups in total. The summed E-state index contributed by atoms with van der Waals surface area (Å²) >= 11 is 1.74. The van der Waals surface area contributed by atoms with Crippen LogP contribution in [0.15, 0.2) is 47.2 Å². The quantitative estimate of drug-likeness (QED) is 0.803. The van der Waals surface area contributed by atoms with E-state index >= 15 is 0 Å². The van der Waals surface area contributed by atoms with E-state index in [1.807, 2.05) is 35.2 Å². The third kappa shape index (κ3) is 3.02. The summed E-state index contributed by atoms with van der Waals surface area (Å²) in [4.78, 5) is 20.3. The summed E-state index contributed by atoms with van der Waals surface area (Å²) in [6.07, 6.45) is 0. The second kappa shape index (κ2) is 6.18. The van der Waals surface area contributed by atoms with Crippen LogP contribution >= 0.6 is 11.3 Å². The molecule has 1 aromatic carbocycles. The van der Waals surface area contributed by atoms with Crippen LogP contribution in [0.4, 0.5) is 0 Å². The molecule has 1 amide bonds. The van der Waals surface area contributed by atoms with E-state index in [9.17, 15) is 4.79 Å². The maximum atomic E-state index is 12.7. The van der Waals surface area contributed by atoms with Crippen molar-refractivity contribution in [3.05, 3.63) is 58.4 Å². The molecule has 0 aliphatic carbocycles. The number of hydrogen-bond acceptors (Lipinski definition) is 3. The van der Waals surface area contributed by atoms with Gasteiger partial charge in [-0.3, -0.25) is 9.69 Å². The van der Waals surface area contributed by atoms with Crippen LogP contribution in [-0.2, 0) is 6.54 Å². The fraction of sp³-hybridized carbons (Fsp3) is 0.278. The smallest absolute Gasteiger partial charge is 0.270 e. The molecular formula is C18H19N3OS. The number of benzene rings is 1. The van der Waals surface area contributed by atoms with Gasteiger partial charge < -0.3 is 9.88 Å². The summed E-state index contributed by atoms with van der Waals surface area (Å²) in [5.41, 5.74) is 3.08. The van der Waals surface area contributed by atoms with Gasteiger partial charge in [-0.15, -0.1) is 0 Å². The summed E-state index contributed by atoms with van der Waals surface area (Å²) in [6, 6.07) is 12.1. The number of aromatic amines is 1. The SMILES string of the molecule is O=C(c1cc2ccccc2[nH]1)N1CCN(Cc2ccsc2)CC1. The molecule has 1 saturated heterocycles. The van der Waals surface area contributed by atoms with Crippen molar-refractivity contribution in [1.82, 2.24) is 14.8 Å². The van der Waals surface area contributed by atoms with Gasteiger partial charge in [-0.2, -0.15) is 11.3 Å². The van der Waals surface area contributed by atoms with Crippen molar-refractivity contribution in [1.29, 1.82) is 0 Å². The Balaban J connectivity index is 1.40. The first-order chi connectivity index (χ1) is 11.3. The number of rotatable bonds is 3. The van der Waals surface area contributed by atoms with E-state index in [-0.39, 0.29) is 5.91 Å². The molecule has 0 bridgehead atoms. The average molecular weight is 325 g/mol. The maximum absolute atomic E-state index is 12.7. The lowest BCUT2D eigenvalue weighted by molar-refractivity contribution is 0.0624. The molecule has 1 aliphatic rings. The first-order valence-corrected chi connectivity index (χ1v) is 8.84. The summed E-state index contributed by atoms with van der Waals surface area (Å²) in [7, 11) is 0. The third-order valence-electron chi connectivity index (χ3n) is 4.41. The monoisotopic (exact) mass is 325 g/mol. The summed E-state index contributed by atoms with van der Waals surface area (Å²) in [5, 5.41) is 5.40. The number of amides is 1. The van der Waals surface area contributed by atoms with Gasteiger partial charge in [0.1, 0.15) is 5.69 Å². The van der Waals surface area contributed by atoms with Crippen LogP contribution < -0.4 is 0 Å². The Bertz CT molecular complexity index is 768. The van der Waals surface area contributed by atoms with E-state index in [1.54, 1.807) is 11.3 Å². The van der Waals surface area contributed by atoms with Crippen molar-refractivity contribution in [3.63, 3.8) is 0 Å². The number of aromatic nitrogens is 1. The molecule has 0 radical (unpaired) electrons. The molecule has 0 saturated carbocycles. The molecule has 1 fully saturated rings. The highest BCUT2D eigenvalue weighted by Crippen LogP contribution is 2.17. The van der Waals surface area contributed by atoms with E-state index in [0.29, 0.717) is 5.69 Å². The second-order valence-corrected chi connectivity index (χ2v) is 6.75. The Morgan fingerprint density at radius 2 is 1.96 bits per heavy atom. The number of H-pyrrole nitrogens is 1. The van der Waals surface area contributed by atoms with Crippen molar-refractivity contribution >= 4 is 28.1 Å². The largest absolute Gasteiger partial charge is 0.351 e.